The van der Waals surface area contributed by atoms with Crippen LogP contribution in [0.25, 0.3) is 0 Å². The van der Waals surface area contributed by atoms with Crippen molar-refractivity contribution in [1.82, 2.24) is 20.3 Å². The molecule has 0 spiro atoms. The first-order valence-corrected chi connectivity index (χ1v) is 8.25. The van der Waals surface area contributed by atoms with Gasteiger partial charge in [0.25, 0.3) is 5.91 Å². The minimum Gasteiger partial charge on any atom is -0.347 e. The lowest BCUT2D eigenvalue weighted by atomic mass is 10.2. The zero-order valence-corrected chi connectivity index (χ0v) is 14.6. The molecule has 3 aromatic rings. The molecule has 2 amide bonds. The van der Waals surface area contributed by atoms with Crippen LogP contribution in [0.2, 0.25) is 0 Å². The Labute approximate surface area is 156 Å². The molecule has 3 rings (SSSR count). The van der Waals surface area contributed by atoms with Gasteiger partial charge in [-0.25, -0.2) is 9.97 Å². The van der Waals surface area contributed by atoms with E-state index in [0.29, 0.717) is 17.9 Å². The molecule has 8 heteroatoms. The van der Waals surface area contributed by atoms with Gasteiger partial charge in [0.2, 0.25) is 11.9 Å². The van der Waals surface area contributed by atoms with E-state index in [0.717, 1.165) is 5.56 Å². The highest BCUT2D eigenvalue weighted by Crippen LogP contribution is 2.18. The van der Waals surface area contributed by atoms with E-state index in [1.54, 1.807) is 30.6 Å². The monoisotopic (exact) mass is 362 g/mol. The second kappa shape index (κ2) is 8.52. The van der Waals surface area contributed by atoms with E-state index in [-0.39, 0.29) is 23.5 Å². The maximum absolute atomic E-state index is 12.3. The van der Waals surface area contributed by atoms with Crippen LogP contribution in [0.5, 0.6) is 0 Å². The Morgan fingerprint density at radius 3 is 2.67 bits per heavy atom. The quantitative estimate of drug-likeness (QED) is 0.622. The lowest BCUT2D eigenvalue weighted by Crippen LogP contribution is -2.24. The van der Waals surface area contributed by atoms with Gasteiger partial charge in [-0.2, -0.15) is 0 Å². The molecule has 8 nitrogen and oxygen atoms in total. The normalized spacial score (nSPS) is 10.1. The summed E-state index contributed by atoms with van der Waals surface area (Å²) in [5, 5.41) is 8.52. The topological polar surface area (TPSA) is 109 Å². The number of carbonyl (C=O) groups excluding carboxylic acids is 2. The van der Waals surface area contributed by atoms with Crippen molar-refractivity contribution in [2.45, 2.75) is 13.5 Å². The van der Waals surface area contributed by atoms with Crippen LogP contribution in [0, 0.1) is 0 Å². The SMILES string of the molecule is CC(=O)Nc1cccc(Nc2nccc(C(=O)NCc3cccnc3)n2)c1. The molecule has 27 heavy (non-hydrogen) atoms. The molecular weight excluding hydrogens is 344 g/mol. The predicted molar refractivity (Wildman–Crippen MR) is 101 cm³/mol. The second-order valence-corrected chi connectivity index (χ2v) is 5.70. The number of aromatic nitrogens is 3. The summed E-state index contributed by atoms with van der Waals surface area (Å²) in [5.41, 5.74) is 2.48. The first-order valence-electron chi connectivity index (χ1n) is 8.25. The van der Waals surface area contributed by atoms with Crippen molar-refractivity contribution in [2.75, 3.05) is 10.6 Å². The molecule has 0 unspecified atom stereocenters. The number of hydrogen-bond donors (Lipinski definition) is 3. The molecule has 0 aliphatic carbocycles. The Bertz CT molecular complexity index is 946. The molecule has 0 fully saturated rings. The highest BCUT2D eigenvalue weighted by molar-refractivity contribution is 5.92. The van der Waals surface area contributed by atoms with Crippen molar-refractivity contribution in [1.29, 1.82) is 0 Å². The Morgan fingerprint density at radius 1 is 1.04 bits per heavy atom. The Morgan fingerprint density at radius 2 is 1.89 bits per heavy atom. The first kappa shape index (κ1) is 18.0. The van der Waals surface area contributed by atoms with Gasteiger partial charge in [-0.1, -0.05) is 12.1 Å². The van der Waals surface area contributed by atoms with E-state index in [2.05, 4.69) is 30.9 Å². The smallest absolute Gasteiger partial charge is 0.270 e. The van der Waals surface area contributed by atoms with E-state index < -0.39 is 0 Å². The van der Waals surface area contributed by atoms with Gasteiger partial charge < -0.3 is 16.0 Å². The molecule has 0 aliphatic rings. The standard InChI is InChI=1S/C19H18N6O2/c1-13(26)23-15-5-2-6-16(10-15)24-19-21-9-7-17(25-19)18(27)22-12-14-4-3-8-20-11-14/h2-11H,12H2,1H3,(H,22,27)(H,23,26)(H,21,24,25). The summed E-state index contributed by atoms with van der Waals surface area (Å²) >= 11 is 0. The first-order chi connectivity index (χ1) is 13.1. The zero-order chi connectivity index (χ0) is 19.1. The van der Waals surface area contributed by atoms with Crippen LogP contribution < -0.4 is 16.0 Å². The summed E-state index contributed by atoms with van der Waals surface area (Å²) in [5.74, 6) is -0.184. The van der Waals surface area contributed by atoms with E-state index >= 15 is 0 Å². The van der Waals surface area contributed by atoms with E-state index in [4.69, 9.17) is 0 Å². The summed E-state index contributed by atoms with van der Waals surface area (Å²) in [4.78, 5) is 35.8. The fraction of sp³-hybridized carbons (Fsp3) is 0.105. The van der Waals surface area contributed by atoms with Crippen LogP contribution >= 0.6 is 0 Å². The Kier molecular flexibility index (Phi) is 5.68. The maximum Gasteiger partial charge on any atom is 0.270 e. The van der Waals surface area contributed by atoms with Crippen molar-refractivity contribution in [2.24, 2.45) is 0 Å². The average molecular weight is 362 g/mol. The third-order valence-electron chi connectivity index (χ3n) is 3.50. The van der Waals surface area contributed by atoms with Crippen molar-refractivity contribution in [3.05, 3.63) is 72.3 Å². The molecule has 136 valence electrons. The van der Waals surface area contributed by atoms with Gasteiger partial charge in [-0.05, 0) is 35.9 Å². The van der Waals surface area contributed by atoms with Gasteiger partial charge >= 0.3 is 0 Å². The minimum atomic E-state index is -0.309. The summed E-state index contributed by atoms with van der Waals surface area (Å²) in [6.45, 7) is 1.80. The van der Waals surface area contributed by atoms with Crippen molar-refractivity contribution in [3.8, 4) is 0 Å². The highest BCUT2D eigenvalue weighted by Gasteiger charge is 2.09. The zero-order valence-electron chi connectivity index (χ0n) is 14.6. The van der Waals surface area contributed by atoms with Crippen molar-refractivity contribution < 1.29 is 9.59 Å². The minimum absolute atomic E-state index is 0.157. The van der Waals surface area contributed by atoms with Gasteiger partial charge in [-0.15, -0.1) is 0 Å². The molecule has 0 saturated carbocycles. The summed E-state index contributed by atoms with van der Waals surface area (Å²) in [6.07, 6.45) is 4.87. The molecule has 0 bridgehead atoms. The number of benzene rings is 1. The molecule has 1 aromatic carbocycles. The number of nitrogens with one attached hydrogen (secondary N) is 3. The van der Waals surface area contributed by atoms with Gasteiger partial charge in [-0.3, -0.25) is 14.6 Å². The molecule has 0 radical (unpaired) electrons. The third kappa shape index (κ3) is 5.33. The largest absolute Gasteiger partial charge is 0.347 e. The number of anilines is 3. The molecule has 2 aromatic heterocycles. The molecule has 2 heterocycles. The van der Waals surface area contributed by atoms with Crippen molar-refractivity contribution in [3.63, 3.8) is 0 Å². The van der Waals surface area contributed by atoms with Gasteiger partial charge in [0, 0.05) is 43.4 Å². The van der Waals surface area contributed by atoms with Gasteiger partial charge in [0.05, 0.1) is 0 Å². The number of nitrogens with zero attached hydrogens (tertiary/aromatic N) is 3. The van der Waals surface area contributed by atoms with Crippen LogP contribution in [0.3, 0.4) is 0 Å². The number of rotatable bonds is 6. The van der Waals surface area contributed by atoms with Gasteiger partial charge in [0.15, 0.2) is 0 Å². The molecule has 0 atom stereocenters. The number of pyridine rings is 1. The summed E-state index contributed by atoms with van der Waals surface area (Å²) in [7, 11) is 0. The van der Waals surface area contributed by atoms with E-state index in [9.17, 15) is 9.59 Å². The van der Waals surface area contributed by atoms with E-state index in [1.807, 2.05) is 18.2 Å². The Balaban J connectivity index is 1.66. The second-order valence-electron chi connectivity index (χ2n) is 5.70. The number of carbonyl (C=O) groups is 2. The average Bonchev–Trinajstić information content (AvgIpc) is 2.67. The summed E-state index contributed by atoms with van der Waals surface area (Å²) in [6, 6.07) is 12.3. The summed E-state index contributed by atoms with van der Waals surface area (Å²) < 4.78 is 0. The van der Waals surface area contributed by atoms with Crippen molar-refractivity contribution >= 4 is 29.1 Å². The molecule has 0 saturated heterocycles. The van der Waals surface area contributed by atoms with Crippen LogP contribution in [0.4, 0.5) is 17.3 Å². The highest BCUT2D eigenvalue weighted by atomic mass is 16.2. The van der Waals surface area contributed by atoms with E-state index in [1.165, 1.54) is 19.2 Å². The van der Waals surface area contributed by atoms with Crippen LogP contribution in [-0.4, -0.2) is 26.8 Å². The predicted octanol–water partition coefficient (Wildman–Crippen LogP) is 2.50. The fourth-order valence-electron chi connectivity index (χ4n) is 2.33. The molecular formula is C19H18N6O2. The fourth-order valence-corrected chi connectivity index (χ4v) is 2.33. The molecule has 3 N–H and O–H groups in total. The lowest BCUT2D eigenvalue weighted by Gasteiger charge is -2.09. The van der Waals surface area contributed by atoms with Crippen LogP contribution in [0.15, 0.2) is 61.1 Å². The van der Waals surface area contributed by atoms with Crippen LogP contribution in [0.1, 0.15) is 23.0 Å². The third-order valence-corrected chi connectivity index (χ3v) is 3.50. The van der Waals surface area contributed by atoms with Crippen LogP contribution in [-0.2, 0) is 11.3 Å². The maximum atomic E-state index is 12.3. The Hall–Kier alpha value is -3.81. The number of amides is 2. The number of hydrogen-bond acceptors (Lipinski definition) is 6. The van der Waals surface area contributed by atoms with Gasteiger partial charge in [0.1, 0.15) is 5.69 Å². The lowest BCUT2D eigenvalue weighted by molar-refractivity contribution is -0.114. The molecule has 0 aliphatic heterocycles.